The standard InChI is InChI=1S/C23H21F3N2O3S/c1-16(17-10-12-18(13-11-17)23(24,25)26)14-22(29)27-19-6-5-7-20(15-19)28-32(30,31)21-8-3-2-4-9-21/h2-13,15-16,28H,14H2,1H3,(H,27,29). The number of carbonyl (C=O) groups is 1. The Bertz CT molecular complexity index is 1180. The van der Waals surface area contributed by atoms with Crippen LogP contribution in [-0.4, -0.2) is 14.3 Å². The van der Waals surface area contributed by atoms with E-state index in [1.165, 1.54) is 30.3 Å². The first-order valence-corrected chi connectivity index (χ1v) is 11.2. The van der Waals surface area contributed by atoms with Crippen molar-refractivity contribution in [3.63, 3.8) is 0 Å². The Labute approximate surface area is 184 Å². The van der Waals surface area contributed by atoms with Gasteiger partial charge in [-0.05, 0) is 53.9 Å². The number of anilines is 2. The van der Waals surface area contributed by atoms with Crippen LogP contribution in [0.5, 0.6) is 0 Å². The zero-order valence-electron chi connectivity index (χ0n) is 17.1. The summed E-state index contributed by atoms with van der Waals surface area (Å²) < 4.78 is 65.5. The molecule has 0 saturated carbocycles. The Hall–Kier alpha value is -3.33. The van der Waals surface area contributed by atoms with Crippen molar-refractivity contribution in [1.82, 2.24) is 0 Å². The molecule has 5 nitrogen and oxygen atoms in total. The Balaban J connectivity index is 1.63. The van der Waals surface area contributed by atoms with Crippen molar-refractivity contribution in [2.75, 3.05) is 10.0 Å². The number of benzene rings is 3. The van der Waals surface area contributed by atoms with E-state index in [1.54, 1.807) is 43.3 Å². The molecule has 0 saturated heterocycles. The molecule has 0 aliphatic carbocycles. The molecular formula is C23H21F3N2O3S. The average Bonchev–Trinajstić information content (AvgIpc) is 2.73. The van der Waals surface area contributed by atoms with Crippen LogP contribution in [-0.2, 0) is 21.0 Å². The molecule has 3 rings (SSSR count). The van der Waals surface area contributed by atoms with E-state index >= 15 is 0 Å². The number of carbonyl (C=O) groups excluding carboxylic acids is 1. The van der Waals surface area contributed by atoms with Gasteiger partial charge in [0, 0.05) is 12.1 Å². The molecule has 1 unspecified atom stereocenters. The van der Waals surface area contributed by atoms with Crippen LogP contribution in [0.3, 0.4) is 0 Å². The van der Waals surface area contributed by atoms with Gasteiger partial charge in [0.15, 0.2) is 0 Å². The molecule has 3 aromatic rings. The van der Waals surface area contributed by atoms with Crippen LogP contribution < -0.4 is 10.0 Å². The predicted molar refractivity (Wildman–Crippen MR) is 117 cm³/mol. The third-order valence-corrected chi connectivity index (χ3v) is 6.15. The number of halogens is 3. The third-order valence-electron chi connectivity index (χ3n) is 4.75. The van der Waals surface area contributed by atoms with Crippen molar-refractivity contribution >= 4 is 27.3 Å². The molecule has 2 N–H and O–H groups in total. The van der Waals surface area contributed by atoms with Crippen molar-refractivity contribution in [3.8, 4) is 0 Å². The largest absolute Gasteiger partial charge is 0.416 e. The number of hydrogen-bond acceptors (Lipinski definition) is 3. The smallest absolute Gasteiger partial charge is 0.326 e. The topological polar surface area (TPSA) is 75.3 Å². The summed E-state index contributed by atoms with van der Waals surface area (Å²) in [6.07, 6.45) is -4.36. The van der Waals surface area contributed by atoms with E-state index in [4.69, 9.17) is 0 Å². The Morgan fingerprint density at radius 2 is 1.53 bits per heavy atom. The summed E-state index contributed by atoms with van der Waals surface area (Å²) in [5, 5.41) is 2.69. The quantitative estimate of drug-likeness (QED) is 0.477. The number of nitrogens with one attached hydrogen (secondary N) is 2. The molecule has 1 amide bonds. The highest BCUT2D eigenvalue weighted by Gasteiger charge is 2.30. The highest BCUT2D eigenvalue weighted by atomic mass is 32.2. The Kier molecular flexibility index (Phi) is 6.88. The van der Waals surface area contributed by atoms with Crippen molar-refractivity contribution < 1.29 is 26.4 Å². The average molecular weight is 462 g/mol. The lowest BCUT2D eigenvalue weighted by Gasteiger charge is -2.14. The summed E-state index contributed by atoms with van der Waals surface area (Å²) in [5.41, 5.74) is 0.538. The monoisotopic (exact) mass is 462 g/mol. The molecule has 0 bridgehead atoms. The van der Waals surface area contributed by atoms with Gasteiger partial charge in [0.2, 0.25) is 5.91 Å². The van der Waals surface area contributed by atoms with Gasteiger partial charge in [-0.25, -0.2) is 8.42 Å². The van der Waals surface area contributed by atoms with Gasteiger partial charge < -0.3 is 5.32 Å². The van der Waals surface area contributed by atoms with Gasteiger partial charge in [0.1, 0.15) is 0 Å². The fourth-order valence-electron chi connectivity index (χ4n) is 3.08. The molecule has 32 heavy (non-hydrogen) atoms. The summed E-state index contributed by atoms with van der Waals surface area (Å²) in [6.45, 7) is 1.74. The van der Waals surface area contributed by atoms with Gasteiger partial charge in [-0.3, -0.25) is 9.52 Å². The molecule has 0 heterocycles. The van der Waals surface area contributed by atoms with Crippen molar-refractivity contribution in [1.29, 1.82) is 0 Å². The third kappa shape index (κ3) is 6.10. The van der Waals surface area contributed by atoms with E-state index in [9.17, 15) is 26.4 Å². The van der Waals surface area contributed by atoms with Gasteiger partial charge in [0.25, 0.3) is 10.0 Å². The highest BCUT2D eigenvalue weighted by molar-refractivity contribution is 7.92. The molecule has 0 fully saturated rings. The van der Waals surface area contributed by atoms with E-state index in [0.29, 0.717) is 11.3 Å². The number of amides is 1. The zero-order valence-corrected chi connectivity index (χ0v) is 17.9. The van der Waals surface area contributed by atoms with Crippen molar-refractivity contribution in [2.45, 2.75) is 30.3 Å². The minimum Gasteiger partial charge on any atom is -0.326 e. The second-order valence-electron chi connectivity index (χ2n) is 7.27. The van der Waals surface area contributed by atoms with Gasteiger partial charge in [-0.15, -0.1) is 0 Å². The molecule has 9 heteroatoms. The van der Waals surface area contributed by atoms with Crippen molar-refractivity contribution in [2.24, 2.45) is 0 Å². The van der Waals surface area contributed by atoms with E-state index in [0.717, 1.165) is 12.1 Å². The van der Waals surface area contributed by atoms with Gasteiger partial charge in [-0.2, -0.15) is 13.2 Å². The molecule has 0 aliphatic heterocycles. The lowest BCUT2D eigenvalue weighted by Crippen LogP contribution is -2.16. The molecule has 168 valence electrons. The summed E-state index contributed by atoms with van der Waals surface area (Å²) in [7, 11) is -3.77. The first-order chi connectivity index (χ1) is 15.0. The van der Waals surface area contributed by atoms with Crippen molar-refractivity contribution in [3.05, 3.63) is 90.0 Å². The summed E-state index contributed by atoms with van der Waals surface area (Å²) in [4.78, 5) is 12.5. The molecule has 0 radical (unpaired) electrons. The predicted octanol–water partition coefficient (Wildman–Crippen LogP) is 5.64. The Morgan fingerprint density at radius 1 is 0.906 bits per heavy atom. The minimum atomic E-state index is -4.41. The maximum absolute atomic E-state index is 12.7. The van der Waals surface area contributed by atoms with Gasteiger partial charge in [-0.1, -0.05) is 43.3 Å². The summed E-state index contributed by atoms with van der Waals surface area (Å²) in [5.74, 6) is -0.655. The molecule has 0 aromatic heterocycles. The maximum atomic E-state index is 12.7. The molecular weight excluding hydrogens is 441 g/mol. The first kappa shape index (κ1) is 23.3. The summed E-state index contributed by atoms with van der Waals surface area (Å²) in [6, 6.07) is 18.8. The van der Waals surface area contributed by atoms with Crippen LogP contribution in [0.4, 0.5) is 24.5 Å². The molecule has 3 aromatic carbocycles. The van der Waals surface area contributed by atoms with E-state index < -0.39 is 21.8 Å². The van der Waals surface area contributed by atoms with E-state index in [2.05, 4.69) is 10.0 Å². The fraction of sp³-hybridized carbons (Fsp3) is 0.174. The fourth-order valence-corrected chi connectivity index (χ4v) is 4.15. The van der Waals surface area contributed by atoms with Crippen LogP contribution in [0.2, 0.25) is 0 Å². The van der Waals surface area contributed by atoms with E-state index in [-0.39, 0.29) is 28.8 Å². The number of alkyl halides is 3. The van der Waals surface area contributed by atoms with E-state index in [1.807, 2.05) is 0 Å². The lowest BCUT2D eigenvalue weighted by molar-refractivity contribution is -0.137. The number of hydrogen-bond donors (Lipinski definition) is 2. The summed E-state index contributed by atoms with van der Waals surface area (Å²) >= 11 is 0. The number of sulfonamides is 1. The minimum absolute atomic E-state index is 0.0470. The maximum Gasteiger partial charge on any atom is 0.416 e. The molecule has 0 spiro atoms. The van der Waals surface area contributed by atoms with Crippen LogP contribution in [0.25, 0.3) is 0 Å². The normalized spacial score (nSPS) is 12.8. The zero-order chi connectivity index (χ0) is 23.4. The van der Waals surface area contributed by atoms with Gasteiger partial charge >= 0.3 is 6.18 Å². The second-order valence-corrected chi connectivity index (χ2v) is 8.95. The van der Waals surface area contributed by atoms with Crippen LogP contribution in [0, 0.1) is 0 Å². The lowest BCUT2D eigenvalue weighted by atomic mass is 9.96. The Morgan fingerprint density at radius 3 is 2.16 bits per heavy atom. The molecule has 0 aliphatic rings. The first-order valence-electron chi connectivity index (χ1n) is 9.69. The second kappa shape index (κ2) is 9.44. The van der Waals surface area contributed by atoms with Gasteiger partial charge in [0.05, 0.1) is 16.1 Å². The highest BCUT2D eigenvalue weighted by Crippen LogP contribution is 2.30. The number of rotatable bonds is 7. The molecule has 1 atom stereocenters. The SMILES string of the molecule is CC(CC(=O)Nc1cccc(NS(=O)(=O)c2ccccc2)c1)c1ccc(C(F)(F)F)cc1. The van der Waals surface area contributed by atoms with Crippen LogP contribution in [0.1, 0.15) is 30.4 Å². The van der Waals surface area contributed by atoms with Crippen LogP contribution >= 0.6 is 0 Å². The van der Waals surface area contributed by atoms with Crippen LogP contribution in [0.15, 0.2) is 83.8 Å².